The number of hydrogen-bond acceptors (Lipinski definition) is 4. The molecule has 20 heavy (non-hydrogen) atoms. The van der Waals surface area contributed by atoms with Crippen molar-refractivity contribution in [1.29, 1.82) is 0 Å². The van der Waals surface area contributed by atoms with Crippen LogP contribution < -0.4 is 10.1 Å². The average molecular weight is 290 g/mol. The minimum absolute atomic E-state index is 0.309. The van der Waals surface area contributed by atoms with Crippen molar-refractivity contribution < 1.29 is 4.74 Å². The Morgan fingerprint density at radius 1 is 1.30 bits per heavy atom. The van der Waals surface area contributed by atoms with E-state index in [-0.39, 0.29) is 0 Å². The van der Waals surface area contributed by atoms with E-state index < -0.39 is 0 Å². The quantitative estimate of drug-likeness (QED) is 0.846. The van der Waals surface area contributed by atoms with Gasteiger partial charge in [0.15, 0.2) is 0 Å². The van der Waals surface area contributed by atoms with Crippen molar-refractivity contribution >= 4 is 11.3 Å². The molecule has 0 fully saturated rings. The van der Waals surface area contributed by atoms with Crippen LogP contribution in [0.25, 0.3) is 0 Å². The molecule has 0 aliphatic heterocycles. The van der Waals surface area contributed by atoms with E-state index in [1.807, 2.05) is 18.3 Å². The lowest BCUT2D eigenvalue weighted by atomic mass is 10.2. The Morgan fingerprint density at radius 2 is 2.05 bits per heavy atom. The van der Waals surface area contributed by atoms with Crippen LogP contribution in [-0.4, -0.2) is 17.6 Å². The number of benzene rings is 1. The maximum Gasteiger partial charge on any atom is 0.119 e. The molecule has 108 valence electrons. The highest BCUT2D eigenvalue weighted by molar-refractivity contribution is 7.11. The number of nitrogens with zero attached hydrogens (tertiary/aromatic N) is 1. The fourth-order valence-electron chi connectivity index (χ4n) is 1.78. The van der Waals surface area contributed by atoms with E-state index in [9.17, 15) is 0 Å². The molecule has 0 spiro atoms. The zero-order valence-corrected chi connectivity index (χ0v) is 13.2. The standard InChI is InChI=1S/C16H22N2OS/c1-4-16-18-10-15(20-16)9-17-13(3)11-19-14-7-5-12(2)6-8-14/h5-8,10,13,17H,4,9,11H2,1-3H3. The van der Waals surface area contributed by atoms with Crippen LogP contribution in [0.3, 0.4) is 0 Å². The molecule has 3 nitrogen and oxygen atoms in total. The summed E-state index contributed by atoms with van der Waals surface area (Å²) in [5.41, 5.74) is 1.25. The summed E-state index contributed by atoms with van der Waals surface area (Å²) in [6, 6.07) is 8.47. The number of aryl methyl sites for hydroxylation is 2. The molecule has 1 atom stereocenters. The molecule has 0 saturated carbocycles. The van der Waals surface area contributed by atoms with Crippen molar-refractivity contribution in [3.8, 4) is 5.75 Å². The fourth-order valence-corrected chi connectivity index (χ4v) is 2.60. The number of rotatable bonds is 7. The van der Waals surface area contributed by atoms with Gasteiger partial charge in [0.05, 0.1) is 5.01 Å². The molecule has 0 aliphatic carbocycles. The number of thiazole rings is 1. The highest BCUT2D eigenvalue weighted by Gasteiger charge is 2.05. The van der Waals surface area contributed by atoms with E-state index in [0.717, 1.165) is 18.7 Å². The summed E-state index contributed by atoms with van der Waals surface area (Å²) in [5, 5.41) is 4.66. The largest absolute Gasteiger partial charge is 0.492 e. The smallest absolute Gasteiger partial charge is 0.119 e. The van der Waals surface area contributed by atoms with Gasteiger partial charge in [-0.25, -0.2) is 4.98 Å². The molecule has 2 rings (SSSR count). The van der Waals surface area contributed by atoms with Crippen LogP contribution >= 0.6 is 11.3 Å². The maximum atomic E-state index is 5.76. The first kappa shape index (κ1) is 15.0. The van der Waals surface area contributed by atoms with Gasteiger partial charge in [0, 0.05) is 23.7 Å². The van der Waals surface area contributed by atoms with Crippen LogP contribution in [0.1, 0.15) is 29.3 Å². The molecule has 0 saturated heterocycles. The highest BCUT2D eigenvalue weighted by Crippen LogP contribution is 2.14. The van der Waals surface area contributed by atoms with Gasteiger partial charge >= 0.3 is 0 Å². The molecular formula is C16H22N2OS. The first-order chi connectivity index (χ1) is 9.67. The first-order valence-corrected chi connectivity index (χ1v) is 7.85. The van der Waals surface area contributed by atoms with Crippen LogP contribution in [0.4, 0.5) is 0 Å². The van der Waals surface area contributed by atoms with Gasteiger partial charge < -0.3 is 10.1 Å². The lowest BCUT2D eigenvalue weighted by molar-refractivity contribution is 0.273. The summed E-state index contributed by atoms with van der Waals surface area (Å²) in [4.78, 5) is 5.64. The number of nitrogens with one attached hydrogen (secondary N) is 1. The van der Waals surface area contributed by atoms with Crippen molar-refractivity contribution in [3.63, 3.8) is 0 Å². The van der Waals surface area contributed by atoms with Gasteiger partial charge in [-0.2, -0.15) is 0 Å². The minimum atomic E-state index is 0.309. The summed E-state index contributed by atoms with van der Waals surface area (Å²) >= 11 is 1.78. The fraction of sp³-hybridized carbons (Fsp3) is 0.438. The molecular weight excluding hydrogens is 268 g/mol. The molecule has 1 N–H and O–H groups in total. The first-order valence-electron chi connectivity index (χ1n) is 7.03. The van der Waals surface area contributed by atoms with Gasteiger partial charge in [-0.3, -0.25) is 0 Å². The zero-order valence-electron chi connectivity index (χ0n) is 12.3. The lowest BCUT2D eigenvalue weighted by Crippen LogP contribution is -2.31. The van der Waals surface area contributed by atoms with Crippen molar-refractivity contribution in [2.24, 2.45) is 0 Å². The molecule has 1 aromatic carbocycles. The molecule has 0 aliphatic rings. The Hall–Kier alpha value is -1.39. The molecule has 2 aromatic rings. The van der Waals surface area contributed by atoms with Gasteiger partial charge in [0.1, 0.15) is 12.4 Å². The van der Waals surface area contributed by atoms with E-state index >= 15 is 0 Å². The Labute approximate surface area is 125 Å². The molecule has 4 heteroatoms. The number of aromatic nitrogens is 1. The second-order valence-electron chi connectivity index (χ2n) is 4.98. The monoisotopic (exact) mass is 290 g/mol. The molecule has 0 amide bonds. The van der Waals surface area contributed by atoms with Crippen LogP contribution in [0.5, 0.6) is 5.75 Å². The second-order valence-corrected chi connectivity index (χ2v) is 6.18. The minimum Gasteiger partial charge on any atom is -0.492 e. The van der Waals surface area contributed by atoms with Crippen molar-refractivity contribution in [2.45, 2.75) is 39.8 Å². The summed E-state index contributed by atoms with van der Waals surface area (Å²) in [7, 11) is 0. The van der Waals surface area contributed by atoms with Crippen molar-refractivity contribution in [1.82, 2.24) is 10.3 Å². The molecule has 1 unspecified atom stereocenters. The summed E-state index contributed by atoms with van der Waals surface area (Å²) in [6.07, 6.45) is 2.97. The van der Waals surface area contributed by atoms with Crippen LogP contribution in [0, 0.1) is 6.92 Å². The molecule has 1 aromatic heterocycles. The average Bonchev–Trinajstić information content (AvgIpc) is 2.92. The number of ether oxygens (including phenoxy) is 1. The Kier molecular flexibility index (Phi) is 5.56. The third-order valence-corrected chi connectivity index (χ3v) is 4.19. The van der Waals surface area contributed by atoms with Crippen LogP contribution in [0.2, 0.25) is 0 Å². The van der Waals surface area contributed by atoms with Crippen molar-refractivity contribution in [3.05, 3.63) is 45.9 Å². The molecule has 0 bridgehead atoms. The van der Waals surface area contributed by atoms with Gasteiger partial charge in [0.2, 0.25) is 0 Å². The highest BCUT2D eigenvalue weighted by atomic mass is 32.1. The predicted molar refractivity (Wildman–Crippen MR) is 84.5 cm³/mol. The summed E-state index contributed by atoms with van der Waals surface area (Å²) in [6.45, 7) is 7.87. The third-order valence-electron chi connectivity index (χ3n) is 3.05. The SMILES string of the molecule is CCc1ncc(CNC(C)COc2ccc(C)cc2)s1. The van der Waals surface area contributed by atoms with E-state index in [1.54, 1.807) is 11.3 Å². The van der Waals surface area contributed by atoms with E-state index in [2.05, 4.69) is 43.2 Å². The lowest BCUT2D eigenvalue weighted by Gasteiger charge is -2.14. The topological polar surface area (TPSA) is 34.2 Å². The Morgan fingerprint density at radius 3 is 2.70 bits per heavy atom. The third kappa shape index (κ3) is 4.62. The van der Waals surface area contributed by atoms with Gasteiger partial charge in [-0.15, -0.1) is 11.3 Å². The van der Waals surface area contributed by atoms with E-state index in [0.29, 0.717) is 12.6 Å². The van der Waals surface area contributed by atoms with E-state index in [1.165, 1.54) is 15.4 Å². The normalized spacial score (nSPS) is 12.3. The number of hydrogen-bond donors (Lipinski definition) is 1. The summed E-state index contributed by atoms with van der Waals surface area (Å²) < 4.78 is 5.76. The van der Waals surface area contributed by atoms with Gasteiger partial charge in [-0.1, -0.05) is 24.6 Å². The van der Waals surface area contributed by atoms with Crippen LogP contribution in [0.15, 0.2) is 30.5 Å². The van der Waals surface area contributed by atoms with Gasteiger partial charge in [0.25, 0.3) is 0 Å². The maximum absolute atomic E-state index is 5.76. The van der Waals surface area contributed by atoms with Gasteiger partial charge in [-0.05, 0) is 32.4 Å². The van der Waals surface area contributed by atoms with E-state index in [4.69, 9.17) is 4.74 Å². The molecule has 1 heterocycles. The van der Waals surface area contributed by atoms with Crippen molar-refractivity contribution in [2.75, 3.05) is 6.61 Å². The summed E-state index contributed by atoms with van der Waals surface area (Å²) in [5.74, 6) is 0.926. The molecule has 0 radical (unpaired) electrons. The van der Waals surface area contributed by atoms with Crippen LogP contribution in [-0.2, 0) is 13.0 Å². The zero-order chi connectivity index (χ0) is 14.4. The Bertz CT molecular complexity index is 522. The Balaban J connectivity index is 1.72. The predicted octanol–water partition coefficient (Wildman–Crippen LogP) is 3.57. The second kappa shape index (κ2) is 7.41.